The van der Waals surface area contributed by atoms with E-state index in [9.17, 15) is 13.2 Å². The molecule has 1 heterocycles. The van der Waals surface area contributed by atoms with Crippen molar-refractivity contribution < 1.29 is 18.4 Å². The van der Waals surface area contributed by atoms with Crippen molar-refractivity contribution in [2.75, 3.05) is 13.1 Å². The van der Waals surface area contributed by atoms with Crippen molar-refractivity contribution >= 4 is 32.5 Å². The number of aliphatic imine (C=N–C) groups is 1. The van der Waals surface area contributed by atoms with E-state index in [1.807, 2.05) is 29.2 Å². The Morgan fingerprint density at radius 2 is 1.93 bits per heavy atom. The van der Waals surface area contributed by atoms with Crippen LogP contribution < -0.4 is 10.2 Å². The number of hydroxylamine groups is 1. The van der Waals surface area contributed by atoms with Crippen molar-refractivity contribution in [1.82, 2.24) is 15.1 Å². The van der Waals surface area contributed by atoms with E-state index in [2.05, 4.69) is 16.3 Å². The molecule has 2 aromatic carbocycles. The quantitative estimate of drug-likeness (QED) is 0.167. The number of nitrogens with one attached hydrogen (secondary N) is 2. The lowest BCUT2D eigenvalue weighted by Crippen LogP contribution is -2.60. The number of rotatable bonds is 6. The largest absolute Gasteiger partial charge is 0.357 e. The maximum atomic E-state index is 12.7. The lowest BCUT2D eigenvalue weighted by molar-refractivity contribution is -0.124. The summed E-state index contributed by atoms with van der Waals surface area (Å²) in [6.45, 7) is 6.17. The van der Waals surface area contributed by atoms with E-state index in [0.29, 0.717) is 18.9 Å². The van der Waals surface area contributed by atoms with Crippen molar-refractivity contribution in [3.63, 3.8) is 0 Å². The summed E-state index contributed by atoms with van der Waals surface area (Å²) in [6, 6.07) is 12.4. The normalized spacial score (nSPS) is 15.9. The van der Waals surface area contributed by atoms with Gasteiger partial charge in [0.2, 0.25) is 10.0 Å². The molecule has 152 valence electrons. The molecule has 0 atom stereocenters. The molecule has 0 unspecified atom stereocenters. The Morgan fingerprint density at radius 3 is 2.59 bits per heavy atom. The van der Waals surface area contributed by atoms with Gasteiger partial charge in [-0.25, -0.2) is 23.6 Å². The molecule has 1 aliphatic heterocycles. The first-order valence-corrected chi connectivity index (χ1v) is 10.4. The molecule has 0 aromatic heterocycles. The van der Waals surface area contributed by atoms with E-state index in [1.54, 1.807) is 25.1 Å². The summed E-state index contributed by atoms with van der Waals surface area (Å²) in [4.78, 5) is 17.7. The molecule has 9 heteroatoms. The lowest BCUT2D eigenvalue weighted by atomic mass is 10.1. The number of carbonyl (C=O) groups excluding carboxylic acids is 1. The summed E-state index contributed by atoms with van der Waals surface area (Å²) < 4.78 is 28.0. The average Bonchev–Trinajstić information content (AvgIpc) is 2.70. The molecule has 0 radical (unpaired) electrons. The van der Waals surface area contributed by atoms with Crippen LogP contribution in [-0.4, -0.2) is 49.4 Å². The predicted molar refractivity (Wildman–Crippen MR) is 111 cm³/mol. The second kappa shape index (κ2) is 8.56. The molecule has 1 saturated heterocycles. The molecule has 0 saturated carbocycles. The van der Waals surface area contributed by atoms with E-state index in [-0.39, 0.29) is 16.5 Å². The third-order valence-electron chi connectivity index (χ3n) is 4.67. The number of hydrogen-bond donors (Lipinski definition) is 3. The molecular formula is C20H22N4O4S. The minimum absolute atomic E-state index is 0.112. The Kier molecular flexibility index (Phi) is 6.12. The third-order valence-corrected chi connectivity index (χ3v) is 6.18. The van der Waals surface area contributed by atoms with Crippen molar-refractivity contribution in [3.8, 4) is 0 Å². The zero-order valence-corrected chi connectivity index (χ0v) is 16.7. The van der Waals surface area contributed by atoms with Gasteiger partial charge in [-0.3, -0.25) is 10.0 Å². The van der Waals surface area contributed by atoms with Gasteiger partial charge in [-0.15, -0.1) is 0 Å². The highest BCUT2D eigenvalue weighted by Crippen LogP contribution is 2.20. The van der Waals surface area contributed by atoms with Crippen LogP contribution in [0, 0.1) is 0 Å². The summed E-state index contributed by atoms with van der Waals surface area (Å²) in [5.41, 5.74) is 1.63. The zero-order valence-electron chi connectivity index (χ0n) is 15.9. The Morgan fingerprint density at radius 1 is 1.24 bits per heavy atom. The number of amidine groups is 1. The first-order valence-electron chi connectivity index (χ1n) is 8.91. The highest BCUT2D eigenvalue weighted by molar-refractivity contribution is 7.89. The van der Waals surface area contributed by atoms with Gasteiger partial charge < -0.3 is 4.90 Å². The molecule has 3 N–H and O–H groups in total. The first kappa shape index (κ1) is 20.7. The second-order valence-electron chi connectivity index (χ2n) is 6.64. The van der Waals surface area contributed by atoms with E-state index in [0.717, 1.165) is 10.8 Å². The summed E-state index contributed by atoms with van der Waals surface area (Å²) in [7, 11) is -3.63. The van der Waals surface area contributed by atoms with Gasteiger partial charge in [0.1, 0.15) is 5.84 Å². The van der Waals surface area contributed by atoms with E-state index >= 15 is 0 Å². The number of carbonyl (C=O) groups is 1. The van der Waals surface area contributed by atoms with Crippen molar-refractivity contribution in [1.29, 1.82) is 0 Å². The van der Waals surface area contributed by atoms with Gasteiger partial charge in [-0.2, -0.15) is 0 Å². The number of sulfonamides is 1. The minimum Gasteiger partial charge on any atom is -0.357 e. The van der Waals surface area contributed by atoms with Gasteiger partial charge in [0.05, 0.1) is 16.5 Å². The van der Waals surface area contributed by atoms with Gasteiger partial charge in [0.25, 0.3) is 5.91 Å². The summed E-state index contributed by atoms with van der Waals surface area (Å²) in [5.74, 6) is -0.0857. The molecule has 3 rings (SSSR count). The third kappa shape index (κ3) is 4.70. The predicted octanol–water partition coefficient (Wildman–Crippen LogP) is 1.80. The second-order valence-corrected chi connectivity index (χ2v) is 8.35. The molecule has 1 fully saturated rings. The fourth-order valence-electron chi connectivity index (χ4n) is 2.95. The Balaban J connectivity index is 1.63. The maximum Gasteiger partial charge on any atom is 0.276 e. The summed E-state index contributed by atoms with van der Waals surface area (Å²) in [6.07, 6.45) is 2.57. The average molecular weight is 414 g/mol. The van der Waals surface area contributed by atoms with E-state index in [1.165, 1.54) is 17.8 Å². The first-order chi connectivity index (χ1) is 13.8. The van der Waals surface area contributed by atoms with Crippen LogP contribution in [0.5, 0.6) is 0 Å². The molecule has 0 spiro atoms. The van der Waals surface area contributed by atoms with Gasteiger partial charge in [-0.1, -0.05) is 43.0 Å². The van der Waals surface area contributed by atoms with E-state index in [4.69, 9.17) is 5.21 Å². The Bertz CT molecular complexity index is 1100. The standard InChI is InChI=1S/C20H22N4O4S/c1-3-15(20(25)22-26)11-21-14(2)24-12-18(13-24)23-29(27,28)19-9-8-16-6-4-5-7-17(16)10-19/h3-11,18,23,26H,1,12-13H2,2H3,(H,22,25)/b15-11+,21-14?. The Hall–Kier alpha value is -3.01. The zero-order chi connectivity index (χ0) is 21.0. The maximum absolute atomic E-state index is 12.7. The minimum atomic E-state index is -3.63. The smallest absolute Gasteiger partial charge is 0.276 e. The number of likely N-dealkylation sites (tertiary alicyclic amines) is 1. The van der Waals surface area contributed by atoms with Gasteiger partial charge in [-0.05, 0) is 29.8 Å². The SMILES string of the molecule is C=C/C(=C\N=C(C)N1CC(NS(=O)(=O)c2ccc3ccccc3c2)C1)C(=O)NO. The van der Waals surface area contributed by atoms with Crippen molar-refractivity contribution in [2.24, 2.45) is 4.99 Å². The van der Waals surface area contributed by atoms with Gasteiger partial charge >= 0.3 is 0 Å². The van der Waals surface area contributed by atoms with Crippen LogP contribution >= 0.6 is 0 Å². The highest BCUT2D eigenvalue weighted by atomic mass is 32.2. The van der Waals surface area contributed by atoms with Gasteiger partial charge in [0.15, 0.2) is 0 Å². The highest BCUT2D eigenvalue weighted by Gasteiger charge is 2.31. The van der Waals surface area contributed by atoms with Crippen LogP contribution in [0.1, 0.15) is 6.92 Å². The summed E-state index contributed by atoms with van der Waals surface area (Å²) in [5, 5.41) is 10.5. The fourth-order valence-corrected chi connectivity index (χ4v) is 4.21. The number of amides is 1. The van der Waals surface area contributed by atoms with Crippen molar-refractivity contribution in [2.45, 2.75) is 17.9 Å². The van der Waals surface area contributed by atoms with Crippen LogP contribution in [0.3, 0.4) is 0 Å². The molecule has 1 aliphatic rings. The van der Waals surface area contributed by atoms with E-state index < -0.39 is 15.9 Å². The topological polar surface area (TPSA) is 111 Å². The fraction of sp³-hybridized carbons (Fsp3) is 0.200. The Labute approximate surface area is 169 Å². The van der Waals surface area contributed by atoms with Crippen LogP contribution in [0.4, 0.5) is 0 Å². The van der Waals surface area contributed by atoms with Crippen LogP contribution in [0.2, 0.25) is 0 Å². The molecule has 2 aromatic rings. The monoisotopic (exact) mass is 414 g/mol. The van der Waals surface area contributed by atoms with Crippen LogP contribution in [0.15, 0.2) is 76.8 Å². The lowest BCUT2D eigenvalue weighted by Gasteiger charge is -2.40. The molecule has 0 bridgehead atoms. The number of benzene rings is 2. The molecular weight excluding hydrogens is 392 g/mol. The molecule has 8 nitrogen and oxygen atoms in total. The molecule has 1 amide bonds. The number of hydrogen-bond acceptors (Lipinski definition) is 5. The number of fused-ring (bicyclic) bond motifs is 1. The van der Waals surface area contributed by atoms with Gasteiger partial charge in [0, 0.05) is 19.3 Å². The van der Waals surface area contributed by atoms with Crippen LogP contribution in [0.25, 0.3) is 10.8 Å². The summed E-state index contributed by atoms with van der Waals surface area (Å²) >= 11 is 0. The van der Waals surface area contributed by atoms with Crippen molar-refractivity contribution in [3.05, 3.63) is 66.9 Å². The number of nitrogens with zero attached hydrogens (tertiary/aromatic N) is 2. The molecule has 0 aliphatic carbocycles. The van der Waals surface area contributed by atoms with Crippen LogP contribution in [-0.2, 0) is 14.8 Å². The molecule has 29 heavy (non-hydrogen) atoms.